The molecule has 17 heavy (non-hydrogen) atoms. The van der Waals surface area contributed by atoms with Gasteiger partial charge in [0.2, 0.25) is 5.91 Å². The lowest BCUT2D eigenvalue weighted by Gasteiger charge is -2.16. The number of nitrogens with two attached hydrogens (primary N) is 1. The zero-order valence-electron chi connectivity index (χ0n) is 11.0. The minimum absolute atomic E-state index is 0.109. The van der Waals surface area contributed by atoms with Gasteiger partial charge in [-0.1, -0.05) is 13.8 Å². The van der Waals surface area contributed by atoms with E-state index in [-0.39, 0.29) is 5.91 Å². The van der Waals surface area contributed by atoms with Crippen molar-refractivity contribution >= 4 is 17.3 Å². The number of benzene rings is 1. The molecule has 0 aliphatic carbocycles. The molecule has 0 saturated heterocycles. The van der Waals surface area contributed by atoms with Crippen LogP contribution in [0.4, 0.5) is 15.8 Å². The van der Waals surface area contributed by atoms with E-state index in [4.69, 9.17) is 5.73 Å². The fourth-order valence-electron chi connectivity index (χ4n) is 2.13. The third-order valence-electron chi connectivity index (χ3n) is 2.92. The smallest absolute Gasteiger partial charge is 0.237 e. The molecule has 4 heteroatoms. The lowest BCUT2D eigenvalue weighted by atomic mass is 9.86. The Kier molecular flexibility index (Phi) is 3.45. The summed E-state index contributed by atoms with van der Waals surface area (Å²) in [5.41, 5.74) is 6.09. The van der Waals surface area contributed by atoms with Crippen LogP contribution < -0.4 is 10.6 Å². The van der Waals surface area contributed by atoms with E-state index in [1.165, 1.54) is 11.0 Å². The summed E-state index contributed by atoms with van der Waals surface area (Å²) >= 11 is 0. The Morgan fingerprint density at radius 3 is 2.35 bits per heavy atom. The van der Waals surface area contributed by atoms with Crippen molar-refractivity contribution in [2.45, 2.75) is 33.1 Å². The van der Waals surface area contributed by atoms with Gasteiger partial charge in [-0.2, -0.15) is 0 Å². The van der Waals surface area contributed by atoms with Crippen LogP contribution in [0.25, 0.3) is 0 Å². The molecule has 1 aromatic rings. The van der Waals surface area contributed by atoms with Gasteiger partial charge in [0.25, 0.3) is 0 Å². The number of hydrogen-bond acceptors (Lipinski definition) is 2. The molecule has 1 aliphatic heterocycles. The first kappa shape index (κ1) is 13.5. The van der Waals surface area contributed by atoms with Gasteiger partial charge < -0.3 is 10.6 Å². The van der Waals surface area contributed by atoms with Crippen LogP contribution in [-0.4, -0.2) is 13.0 Å². The SMILES string of the molecule is CC.CN1C(=O)C(C)(C)c2c(F)cc(N)cc21. The number of halogens is 1. The van der Waals surface area contributed by atoms with Gasteiger partial charge in [0.15, 0.2) is 0 Å². The second-order valence-electron chi connectivity index (χ2n) is 4.39. The largest absolute Gasteiger partial charge is 0.399 e. The van der Waals surface area contributed by atoms with E-state index in [2.05, 4.69) is 0 Å². The van der Waals surface area contributed by atoms with Crippen LogP contribution in [0.1, 0.15) is 33.3 Å². The normalized spacial score (nSPS) is 16.4. The van der Waals surface area contributed by atoms with Crippen LogP contribution in [0, 0.1) is 5.82 Å². The first-order chi connectivity index (χ1) is 7.85. The van der Waals surface area contributed by atoms with Gasteiger partial charge in [-0.15, -0.1) is 0 Å². The lowest BCUT2D eigenvalue weighted by Crippen LogP contribution is -2.33. The van der Waals surface area contributed by atoms with Gasteiger partial charge in [-0.3, -0.25) is 4.79 Å². The zero-order valence-corrected chi connectivity index (χ0v) is 11.0. The fourth-order valence-corrected chi connectivity index (χ4v) is 2.13. The highest BCUT2D eigenvalue weighted by Gasteiger charge is 2.44. The number of amides is 1. The van der Waals surface area contributed by atoms with Gasteiger partial charge >= 0.3 is 0 Å². The molecule has 2 rings (SSSR count). The summed E-state index contributed by atoms with van der Waals surface area (Å²) in [6.07, 6.45) is 0. The Hall–Kier alpha value is -1.58. The third kappa shape index (κ3) is 1.88. The van der Waals surface area contributed by atoms with E-state index in [1.807, 2.05) is 13.8 Å². The van der Waals surface area contributed by atoms with Crippen molar-refractivity contribution in [3.8, 4) is 0 Å². The Labute approximate surface area is 101 Å². The number of carbonyl (C=O) groups excluding carboxylic acids is 1. The topological polar surface area (TPSA) is 46.3 Å². The molecule has 94 valence electrons. The molecule has 0 spiro atoms. The number of nitrogens with zero attached hydrogens (tertiary/aromatic N) is 1. The first-order valence-corrected chi connectivity index (χ1v) is 5.73. The van der Waals surface area contributed by atoms with Gasteiger partial charge in [0.1, 0.15) is 5.82 Å². The van der Waals surface area contributed by atoms with Crippen LogP contribution in [0.15, 0.2) is 12.1 Å². The monoisotopic (exact) mass is 238 g/mol. The maximum absolute atomic E-state index is 13.7. The number of likely N-dealkylation sites (N-methyl/N-ethyl adjacent to an activating group) is 1. The van der Waals surface area contributed by atoms with Gasteiger partial charge in [-0.05, 0) is 26.0 Å². The Balaban J connectivity index is 0.000000686. The molecule has 0 atom stereocenters. The molecule has 3 nitrogen and oxygen atoms in total. The van der Waals surface area contributed by atoms with E-state index in [0.717, 1.165) is 0 Å². The zero-order chi connectivity index (χ0) is 13.4. The minimum atomic E-state index is -0.804. The molecule has 1 heterocycles. The number of nitrogen functional groups attached to an aromatic ring is 1. The molecule has 0 aromatic heterocycles. The molecule has 0 saturated carbocycles. The van der Waals surface area contributed by atoms with Crippen molar-refractivity contribution in [2.75, 3.05) is 17.7 Å². The van der Waals surface area contributed by atoms with E-state index >= 15 is 0 Å². The molecule has 0 fully saturated rings. The molecule has 1 amide bonds. The highest BCUT2D eigenvalue weighted by Crippen LogP contribution is 2.43. The summed E-state index contributed by atoms with van der Waals surface area (Å²) in [6.45, 7) is 7.44. The Bertz CT molecular complexity index is 455. The maximum atomic E-state index is 13.7. The standard InChI is InChI=1S/C11H13FN2O.C2H6/c1-11(2)9-7(12)4-6(13)5-8(9)14(3)10(11)15;1-2/h4-5H,13H2,1-3H3;1-2H3. The number of carbonyl (C=O) groups is 1. The van der Waals surface area contributed by atoms with E-state index in [1.54, 1.807) is 27.0 Å². The summed E-state index contributed by atoms with van der Waals surface area (Å²) in [5, 5.41) is 0. The second kappa shape index (κ2) is 4.35. The summed E-state index contributed by atoms with van der Waals surface area (Å²) in [5.74, 6) is -0.519. The highest BCUT2D eigenvalue weighted by molar-refractivity contribution is 6.07. The van der Waals surface area contributed by atoms with Crippen molar-refractivity contribution < 1.29 is 9.18 Å². The predicted octanol–water partition coefficient (Wildman–Crippen LogP) is 2.69. The average Bonchev–Trinajstić information content (AvgIpc) is 2.43. The van der Waals surface area contributed by atoms with Crippen LogP contribution in [0.5, 0.6) is 0 Å². The molecule has 2 N–H and O–H groups in total. The highest BCUT2D eigenvalue weighted by atomic mass is 19.1. The Morgan fingerprint density at radius 1 is 1.29 bits per heavy atom. The van der Waals surface area contributed by atoms with E-state index in [9.17, 15) is 9.18 Å². The van der Waals surface area contributed by atoms with Crippen molar-refractivity contribution in [2.24, 2.45) is 0 Å². The van der Waals surface area contributed by atoms with Crippen molar-refractivity contribution in [3.63, 3.8) is 0 Å². The van der Waals surface area contributed by atoms with Crippen LogP contribution in [0.2, 0.25) is 0 Å². The van der Waals surface area contributed by atoms with Crippen LogP contribution in [0.3, 0.4) is 0 Å². The molecule has 0 unspecified atom stereocenters. The third-order valence-corrected chi connectivity index (χ3v) is 2.92. The van der Waals surface area contributed by atoms with Crippen molar-refractivity contribution in [3.05, 3.63) is 23.5 Å². The number of anilines is 2. The molecule has 1 aliphatic rings. The van der Waals surface area contributed by atoms with Crippen LogP contribution in [-0.2, 0) is 10.2 Å². The van der Waals surface area contributed by atoms with Gasteiger partial charge in [0.05, 0.1) is 11.1 Å². The van der Waals surface area contributed by atoms with E-state index in [0.29, 0.717) is 16.9 Å². The van der Waals surface area contributed by atoms with Crippen LogP contribution >= 0.6 is 0 Å². The van der Waals surface area contributed by atoms with Gasteiger partial charge in [0, 0.05) is 18.3 Å². The maximum Gasteiger partial charge on any atom is 0.237 e. The minimum Gasteiger partial charge on any atom is -0.399 e. The second-order valence-corrected chi connectivity index (χ2v) is 4.39. The summed E-state index contributed by atoms with van der Waals surface area (Å²) in [4.78, 5) is 13.3. The van der Waals surface area contributed by atoms with Crippen molar-refractivity contribution in [1.82, 2.24) is 0 Å². The fraction of sp³-hybridized carbons (Fsp3) is 0.462. The lowest BCUT2D eigenvalue weighted by molar-refractivity contribution is -0.121. The summed E-state index contributed by atoms with van der Waals surface area (Å²) in [7, 11) is 1.63. The molecular formula is C13H19FN2O. The number of hydrogen-bond donors (Lipinski definition) is 1. The summed E-state index contributed by atoms with van der Waals surface area (Å²) in [6, 6.07) is 2.89. The molecule has 0 bridgehead atoms. The Morgan fingerprint density at radius 2 is 1.82 bits per heavy atom. The molecule has 0 radical (unpaired) electrons. The van der Waals surface area contributed by atoms with Crippen molar-refractivity contribution in [1.29, 1.82) is 0 Å². The molecular weight excluding hydrogens is 219 g/mol. The number of fused-ring (bicyclic) bond motifs is 1. The van der Waals surface area contributed by atoms with E-state index < -0.39 is 11.2 Å². The van der Waals surface area contributed by atoms with Gasteiger partial charge in [-0.25, -0.2) is 4.39 Å². The number of rotatable bonds is 0. The first-order valence-electron chi connectivity index (χ1n) is 5.73. The predicted molar refractivity (Wildman–Crippen MR) is 68.6 cm³/mol. The quantitative estimate of drug-likeness (QED) is 0.706. The average molecular weight is 238 g/mol. The molecule has 1 aromatic carbocycles. The summed E-state index contributed by atoms with van der Waals surface area (Å²) < 4.78 is 13.7.